The minimum atomic E-state index is -4.39. The van der Waals surface area contributed by atoms with Gasteiger partial charge in [-0.3, -0.25) is 4.79 Å². The molecule has 1 amide bonds. The van der Waals surface area contributed by atoms with Gasteiger partial charge in [0.1, 0.15) is 0 Å². The predicted molar refractivity (Wildman–Crippen MR) is 84.5 cm³/mol. The van der Waals surface area contributed by atoms with E-state index in [1.807, 2.05) is 6.92 Å². The Morgan fingerprint density at radius 2 is 1.88 bits per heavy atom. The monoisotopic (exact) mass is 334 g/mol. The zero-order valence-corrected chi connectivity index (χ0v) is 13.0. The molecule has 0 spiro atoms. The summed E-state index contributed by atoms with van der Waals surface area (Å²) in [4.78, 5) is 11.3. The van der Waals surface area contributed by atoms with Crippen molar-refractivity contribution in [2.24, 2.45) is 5.73 Å². The van der Waals surface area contributed by atoms with E-state index in [4.69, 9.17) is 5.73 Å². The van der Waals surface area contributed by atoms with Crippen LogP contribution < -0.4 is 11.1 Å². The van der Waals surface area contributed by atoms with Gasteiger partial charge in [0.2, 0.25) is 5.91 Å². The lowest BCUT2D eigenvalue weighted by Gasteiger charge is -2.27. The number of primary amides is 1. The quantitative estimate of drug-likeness (QED) is 0.901. The Kier molecular flexibility index (Phi) is 4.09. The molecular weight excluding hydrogens is 317 g/mol. The third kappa shape index (κ3) is 3.01. The Balaban J connectivity index is 2.03. The molecular formula is C18H17F3N2O. The summed E-state index contributed by atoms with van der Waals surface area (Å²) in [5.74, 6) is -2.24. The van der Waals surface area contributed by atoms with Crippen LogP contribution in [0.2, 0.25) is 0 Å². The molecule has 0 bridgehead atoms. The summed E-state index contributed by atoms with van der Waals surface area (Å²) in [6, 6.07) is 10.1. The molecule has 0 fully saturated rings. The molecule has 24 heavy (non-hydrogen) atoms. The molecule has 1 heterocycles. The van der Waals surface area contributed by atoms with Gasteiger partial charge in [0.15, 0.2) is 0 Å². The number of alkyl halides is 3. The van der Waals surface area contributed by atoms with Gasteiger partial charge in [0, 0.05) is 18.2 Å². The van der Waals surface area contributed by atoms with E-state index in [0.29, 0.717) is 16.7 Å². The zero-order chi connectivity index (χ0) is 17.5. The first-order valence-corrected chi connectivity index (χ1v) is 7.56. The smallest absolute Gasteiger partial charge is 0.366 e. The van der Waals surface area contributed by atoms with Crippen molar-refractivity contribution in [2.45, 2.75) is 31.6 Å². The van der Waals surface area contributed by atoms with E-state index in [1.54, 1.807) is 24.3 Å². The van der Waals surface area contributed by atoms with Crippen molar-refractivity contribution in [1.29, 1.82) is 0 Å². The van der Waals surface area contributed by atoms with Crippen LogP contribution >= 0.6 is 0 Å². The molecule has 0 radical (unpaired) electrons. The Morgan fingerprint density at radius 3 is 2.46 bits per heavy atom. The highest BCUT2D eigenvalue weighted by Gasteiger charge is 2.48. The maximum atomic E-state index is 13.7. The highest BCUT2D eigenvalue weighted by atomic mass is 19.4. The van der Waals surface area contributed by atoms with Gasteiger partial charge in [-0.1, -0.05) is 35.9 Å². The Bertz CT molecular complexity index is 769. The number of hydrogen-bond acceptors (Lipinski definition) is 2. The molecule has 1 unspecified atom stereocenters. The van der Waals surface area contributed by atoms with E-state index in [9.17, 15) is 18.0 Å². The molecule has 0 saturated carbocycles. The van der Waals surface area contributed by atoms with Crippen molar-refractivity contribution in [3.8, 4) is 0 Å². The maximum absolute atomic E-state index is 13.7. The number of amides is 1. The van der Waals surface area contributed by atoms with Gasteiger partial charge >= 0.3 is 6.18 Å². The zero-order valence-electron chi connectivity index (χ0n) is 13.0. The summed E-state index contributed by atoms with van der Waals surface area (Å²) >= 11 is 0. The number of halogens is 3. The lowest BCUT2D eigenvalue weighted by molar-refractivity contribution is -0.157. The van der Waals surface area contributed by atoms with E-state index < -0.39 is 24.0 Å². The van der Waals surface area contributed by atoms with Crippen molar-refractivity contribution < 1.29 is 18.0 Å². The number of aryl methyl sites for hydroxylation is 1. The third-order valence-electron chi connectivity index (χ3n) is 4.40. The van der Waals surface area contributed by atoms with Crippen LogP contribution in [0.1, 0.15) is 44.6 Å². The summed E-state index contributed by atoms with van der Waals surface area (Å²) in [5.41, 5.74) is 7.90. The lowest BCUT2D eigenvalue weighted by Crippen LogP contribution is -2.31. The average molecular weight is 334 g/mol. The molecule has 2 atom stereocenters. The fraction of sp³-hybridized carbons (Fsp3) is 0.278. The van der Waals surface area contributed by atoms with Gasteiger partial charge in [-0.2, -0.15) is 13.2 Å². The molecule has 1 aliphatic heterocycles. The average Bonchev–Trinajstić information content (AvgIpc) is 2.91. The number of hydrogen-bond donors (Lipinski definition) is 2. The number of nitrogens with one attached hydrogen (secondary N) is 1. The molecule has 3 rings (SSSR count). The van der Waals surface area contributed by atoms with Crippen LogP contribution in [0.5, 0.6) is 0 Å². The molecule has 3 N–H and O–H groups in total. The summed E-state index contributed by atoms with van der Waals surface area (Å²) in [5, 5.41) is 2.94. The number of carbonyl (C=O) groups excluding carboxylic acids is 1. The summed E-state index contributed by atoms with van der Waals surface area (Å²) in [6.45, 7) is 2.11. The largest absolute Gasteiger partial charge is 0.397 e. The number of nitrogens with two attached hydrogens (primary N) is 1. The number of benzene rings is 2. The first kappa shape index (κ1) is 16.5. The van der Waals surface area contributed by atoms with Crippen LogP contribution in [0.3, 0.4) is 0 Å². The molecule has 2 aromatic rings. The minimum absolute atomic E-state index is 0.220. The summed E-state index contributed by atoms with van der Waals surface area (Å²) in [6.07, 6.45) is -4.39. The minimum Gasteiger partial charge on any atom is -0.366 e. The molecule has 0 saturated heterocycles. The Labute approximate surface area is 137 Å². The third-order valence-corrected chi connectivity index (χ3v) is 4.40. The molecule has 6 heteroatoms. The van der Waals surface area contributed by atoms with Crippen LogP contribution in [0.4, 0.5) is 13.2 Å². The molecule has 0 aliphatic carbocycles. The van der Waals surface area contributed by atoms with Gasteiger partial charge in [-0.05, 0) is 35.7 Å². The van der Waals surface area contributed by atoms with Gasteiger partial charge in [-0.25, -0.2) is 0 Å². The van der Waals surface area contributed by atoms with E-state index in [0.717, 1.165) is 5.56 Å². The van der Waals surface area contributed by atoms with E-state index >= 15 is 0 Å². The normalized spacial score (nSPS) is 18.2. The van der Waals surface area contributed by atoms with Crippen molar-refractivity contribution in [1.82, 2.24) is 5.32 Å². The van der Waals surface area contributed by atoms with Crippen LogP contribution in [0.15, 0.2) is 42.5 Å². The second-order valence-corrected chi connectivity index (χ2v) is 6.07. The molecule has 126 valence electrons. The lowest BCUT2D eigenvalue weighted by atomic mass is 9.86. The van der Waals surface area contributed by atoms with E-state index in [1.165, 1.54) is 18.2 Å². The molecule has 3 nitrogen and oxygen atoms in total. The summed E-state index contributed by atoms with van der Waals surface area (Å²) < 4.78 is 41.2. The van der Waals surface area contributed by atoms with E-state index in [-0.39, 0.29) is 12.1 Å². The first-order valence-electron chi connectivity index (χ1n) is 7.56. The topological polar surface area (TPSA) is 55.1 Å². The van der Waals surface area contributed by atoms with Gasteiger partial charge in [0.05, 0.1) is 5.92 Å². The second kappa shape index (κ2) is 5.94. The number of fused-ring (bicyclic) bond motifs is 1. The van der Waals surface area contributed by atoms with Crippen LogP contribution in [0, 0.1) is 6.92 Å². The molecule has 2 aromatic carbocycles. The predicted octanol–water partition coefficient (Wildman–Crippen LogP) is 3.58. The SMILES string of the molecule is Cc1ccc([C@H](C2NCc3cc(C(N)=O)ccc32)C(F)(F)F)cc1. The summed E-state index contributed by atoms with van der Waals surface area (Å²) in [7, 11) is 0. The van der Waals surface area contributed by atoms with Crippen molar-refractivity contribution in [3.05, 3.63) is 70.3 Å². The Morgan fingerprint density at radius 1 is 1.21 bits per heavy atom. The van der Waals surface area contributed by atoms with Gasteiger partial charge < -0.3 is 11.1 Å². The van der Waals surface area contributed by atoms with Gasteiger partial charge in [0.25, 0.3) is 0 Å². The first-order chi connectivity index (χ1) is 11.3. The highest BCUT2D eigenvalue weighted by molar-refractivity contribution is 5.93. The van der Waals surface area contributed by atoms with Crippen LogP contribution in [-0.4, -0.2) is 12.1 Å². The fourth-order valence-electron chi connectivity index (χ4n) is 3.19. The van der Waals surface area contributed by atoms with Crippen LogP contribution in [-0.2, 0) is 6.54 Å². The van der Waals surface area contributed by atoms with Crippen molar-refractivity contribution in [3.63, 3.8) is 0 Å². The maximum Gasteiger partial charge on any atom is 0.397 e. The van der Waals surface area contributed by atoms with E-state index in [2.05, 4.69) is 5.32 Å². The van der Waals surface area contributed by atoms with Gasteiger partial charge in [-0.15, -0.1) is 0 Å². The molecule has 0 aromatic heterocycles. The Hall–Kier alpha value is -2.34. The van der Waals surface area contributed by atoms with Crippen molar-refractivity contribution >= 4 is 5.91 Å². The number of rotatable bonds is 3. The van der Waals surface area contributed by atoms with Crippen molar-refractivity contribution in [2.75, 3.05) is 0 Å². The molecule has 1 aliphatic rings. The second-order valence-electron chi connectivity index (χ2n) is 6.07. The van der Waals surface area contributed by atoms with Crippen LogP contribution in [0.25, 0.3) is 0 Å². The standard InChI is InChI=1S/C18H17F3N2O/c1-10-2-4-11(5-3-10)15(18(19,20)21)16-14-7-6-12(17(22)24)8-13(14)9-23-16/h2-8,15-16,23H,9H2,1H3,(H2,22,24)/t15-,16?/m1/s1. The number of carbonyl (C=O) groups is 1. The fourth-order valence-corrected chi connectivity index (χ4v) is 3.19. The highest BCUT2D eigenvalue weighted by Crippen LogP contribution is 2.46.